The zero-order valence-corrected chi connectivity index (χ0v) is 17.0. The van der Waals surface area contributed by atoms with Gasteiger partial charge in [-0.3, -0.25) is 4.79 Å². The van der Waals surface area contributed by atoms with Crippen molar-refractivity contribution in [3.05, 3.63) is 29.3 Å². The Hall–Kier alpha value is -1.72. The highest BCUT2D eigenvalue weighted by molar-refractivity contribution is 5.95. The number of halogens is 3. The second-order valence-electron chi connectivity index (χ2n) is 7.44. The number of carbonyl (C=O) groups excluding carboxylic acids is 1. The summed E-state index contributed by atoms with van der Waals surface area (Å²) < 4.78 is 38.0. The molecule has 0 heterocycles. The van der Waals surface area contributed by atoms with Crippen molar-refractivity contribution in [3.8, 4) is 0 Å². The summed E-state index contributed by atoms with van der Waals surface area (Å²) in [5.41, 5.74) is 4.24. The minimum atomic E-state index is -4.51. The number of nitrogens with one attached hydrogen (secondary N) is 1. The third kappa shape index (κ3) is 10.00. The van der Waals surface area contributed by atoms with Crippen molar-refractivity contribution in [2.45, 2.75) is 90.1 Å². The summed E-state index contributed by atoms with van der Waals surface area (Å²) in [6, 6.07) is 3.10. The highest BCUT2D eigenvalue weighted by atomic mass is 19.4. The van der Waals surface area contributed by atoms with Crippen molar-refractivity contribution in [1.29, 1.82) is 0 Å². The lowest BCUT2D eigenvalue weighted by Gasteiger charge is -2.11. The van der Waals surface area contributed by atoms with Crippen LogP contribution >= 0.6 is 0 Å². The monoisotopic (exact) mass is 400 g/mol. The average molecular weight is 401 g/mol. The van der Waals surface area contributed by atoms with Crippen LogP contribution in [0, 0.1) is 0 Å². The quantitative estimate of drug-likeness (QED) is 0.269. The number of alkyl halides is 3. The molecule has 0 aliphatic heterocycles. The molecule has 0 radical (unpaired) electrons. The molecular formula is C22H35F3N2O. The van der Waals surface area contributed by atoms with Gasteiger partial charge in [-0.05, 0) is 24.6 Å². The lowest BCUT2D eigenvalue weighted by atomic mass is 10.1. The minimum Gasteiger partial charge on any atom is -0.398 e. The van der Waals surface area contributed by atoms with Crippen LogP contribution in [0.5, 0.6) is 0 Å². The van der Waals surface area contributed by atoms with Crippen LogP contribution in [0.25, 0.3) is 0 Å². The molecule has 0 aromatic heterocycles. The predicted molar refractivity (Wildman–Crippen MR) is 109 cm³/mol. The molecule has 0 aliphatic carbocycles. The molecule has 6 heteroatoms. The summed E-state index contributed by atoms with van der Waals surface area (Å²) in [4.78, 5) is 12.0. The van der Waals surface area contributed by atoms with E-state index in [9.17, 15) is 18.0 Å². The van der Waals surface area contributed by atoms with Crippen LogP contribution in [0.4, 0.5) is 18.9 Å². The van der Waals surface area contributed by atoms with E-state index in [-0.39, 0.29) is 11.5 Å². The Labute approximate surface area is 167 Å². The maximum atomic E-state index is 12.7. The van der Waals surface area contributed by atoms with Gasteiger partial charge in [0.15, 0.2) is 0 Å². The van der Waals surface area contributed by atoms with Crippen LogP contribution in [-0.4, -0.2) is 12.5 Å². The summed E-state index contributed by atoms with van der Waals surface area (Å²) in [5.74, 6) is -0.386. The molecule has 0 fully saturated rings. The molecule has 0 bridgehead atoms. The van der Waals surface area contributed by atoms with Crippen molar-refractivity contribution >= 4 is 11.6 Å². The van der Waals surface area contributed by atoms with Crippen LogP contribution < -0.4 is 11.1 Å². The Bertz CT molecular complexity index is 573. The lowest BCUT2D eigenvalue weighted by Crippen LogP contribution is -2.24. The number of nitrogens with two attached hydrogens (primary N) is 1. The van der Waals surface area contributed by atoms with Gasteiger partial charge in [-0.15, -0.1) is 0 Å². The average Bonchev–Trinajstić information content (AvgIpc) is 2.64. The molecule has 1 rings (SSSR count). The van der Waals surface area contributed by atoms with E-state index in [1.165, 1.54) is 57.8 Å². The molecule has 0 saturated carbocycles. The molecule has 0 spiro atoms. The predicted octanol–water partition coefficient (Wildman–Crippen LogP) is 6.72. The second kappa shape index (κ2) is 13.5. The van der Waals surface area contributed by atoms with Gasteiger partial charge in [0, 0.05) is 17.8 Å². The number of carbonyl (C=O) groups is 1. The Morgan fingerprint density at radius 1 is 0.893 bits per heavy atom. The number of rotatable bonds is 14. The smallest absolute Gasteiger partial charge is 0.398 e. The Kier molecular flexibility index (Phi) is 11.7. The fraction of sp³-hybridized carbons (Fsp3) is 0.682. The van der Waals surface area contributed by atoms with Gasteiger partial charge in [0.05, 0.1) is 5.56 Å². The summed E-state index contributed by atoms with van der Waals surface area (Å²) in [7, 11) is 0. The largest absolute Gasteiger partial charge is 0.418 e. The number of unbranched alkanes of at least 4 members (excludes halogenated alkanes) is 11. The highest BCUT2D eigenvalue weighted by Gasteiger charge is 2.33. The number of hydrogen-bond acceptors (Lipinski definition) is 2. The fourth-order valence-electron chi connectivity index (χ4n) is 3.23. The van der Waals surface area contributed by atoms with Crippen molar-refractivity contribution < 1.29 is 18.0 Å². The molecule has 3 nitrogen and oxygen atoms in total. The van der Waals surface area contributed by atoms with Gasteiger partial charge >= 0.3 is 6.18 Å². The maximum absolute atomic E-state index is 12.7. The van der Waals surface area contributed by atoms with Crippen LogP contribution in [0.3, 0.4) is 0 Å². The number of anilines is 1. The minimum absolute atomic E-state index is 0.157. The van der Waals surface area contributed by atoms with Gasteiger partial charge in [-0.25, -0.2) is 0 Å². The van der Waals surface area contributed by atoms with E-state index in [0.29, 0.717) is 6.54 Å². The van der Waals surface area contributed by atoms with E-state index < -0.39 is 17.4 Å². The molecule has 1 aromatic rings. The molecular weight excluding hydrogens is 365 g/mol. The Morgan fingerprint density at radius 2 is 1.39 bits per heavy atom. The van der Waals surface area contributed by atoms with Crippen molar-refractivity contribution in [2.24, 2.45) is 0 Å². The fourth-order valence-corrected chi connectivity index (χ4v) is 3.23. The lowest BCUT2D eigenvalue weighted by molar-refractivity contribution is -0.136. The molecule has 1 amide bonds. The third-order valence-corrected chi connectivity index (χ3v) is 4.94. The van der Waals surface area contributed by atoms with Crippen LogP contribution in [0.1, 0.15) is 99.9 Å². The van der Waals surface area contributed by atoms with Crippen molar-refractivity contribution in [2.75, 3.05) is 12.3 Å². The van der Waals surface area contributed by atoms with E-state index in [4.69, 9.17) is 5.73 Å². The summed E-state index contributed by atoms with van der Waals surface area (Å²) in [6.45, 7) is 2.76. The maximum Gasteiger partial charge on any atom is 0.418 e. The number of benzene rings is 1. The van der Waals surface area contributed by atoms with E-state index in [1.54, 1.807) is 0 Å². The van der Waals surface area contributed by atoms with Crippen molar-refractivity contribution in [1.82, 2.24) is 5.32 Å². The molecule has 0 aliphatic rings. The van der Waals surface area contributed by atoms with E-state index >= 15 is 0 Å². The number of hydrogen-bond donors (Lipinski definition) is 2. The topological polar surface area (TPSA) is 55.1 Å². The van der Waals surface area contributed by atoms with Gasteiger partial charge in [0.1, 0.15) is 0 Å². The zero-order valence-electron chi connectivity index (χ0n) is 17.0. The first-order valence-corrected chi connectivity index (χ1v) is 10.6. The zero-order chi connectivity index (χ0) is 20.8. The first-order valence-electron chi connectivity index (χ1n) is 10.6. The van der Waals surface area contributed by atoms with E-state index in [2.05, 4.69) is 12.2 Å². The Balaban J connectivity index is 2.07. The van der Waals surface area contributed by atoms with Gasteiger partial charge in [0.25, 0.3) is 5.91 Å². The molecule has 28 heavy (non-hydrogen) atoms. The van der Waals surface area contributed by atoms with E-state index in [1.807, 2.05) is 0 Å². The molecule has 0 atom stereocenters. The van der Waals surface area contributed by atoms with Gasteiger partial charge < -0.3 is 11.1 Å². The highest BCUT2D eigenvalue weighted by Crippen LogP contribution is 2.33. The normalized spacial score (nSPS) is 11.6. The summed E-state index contributed by atoms with van der Waals surface area (Å²) in [5, 5.41) is 2.74. The molecule has 3 N–H and O–H groups in total. The molecule has 1 aromatic carbocycles. The van der Waals surface area contributed by atoms with Crippen LogP contribution in [0.2, 0.25) is 0 Å². The second-order valence-corrected chi connectivity index (χ2v) is 7.44. The standard InChI is InChI=1S/C22H35F3N2O/c1-2-3-4-5-6-7-8-9-10-11-12-13-16-27-21(28)18-14-15-19(20(26)17-18)22(23,24)25/h14-15,17H,2-13,16,26H2,1H3,(H,27,28). The van der Waals surface area contributed by atoms with E-state index in [0.717, 1.165) is 37.5 Å². The van der Waals surface area contributed by atoms with Crippen molar-refractivity contribution in [3.63, 3.8) is 0 Å². The SMILES string of the molecule is CCCCCCCCCCCCCCNC(=O)c1ccc(C(F)(F)F)c(N)c1. The Morgan fingerprint density at radius 3 is 1.86 bits per heavy atom. The van der Waals surface area contributed by atoms with Crippen LogP contribution in [0.15, 0.2) is 18.2 Å². The summed E-state index contributed by atoms with van der Waals surface area (Å²) >= 11 is 0. The van der Waals surface area contributed by atoms with Gasteiger partial charge in [0.2, 0.25) is 0 Å². The molecule has 160 valence electrons. The van der Waals surface area contributed by atoms with Crippen LogP contribution in [-0.2, 0) is 6.18 Å². The van der Waals surface area contributed by atoms with Gasteiger partial charge in [-0.1, -0.05) is 77.6 Å². The molecule has 0 saturated heterocycles. The van der Waals surface area contributed by atoms with Gasteiger partial charge in [-0.2, -0.15) is 13.2 Å². The third-order valence-electron chi connectivity index (χ3n) is 4.94. The first-order chi connectivity index (χ1) is 13.4. The number of nitrogen functional groups attached to an aromatic ring is 1. The number of amides is 1. The first kappa shape index (κ1) is 24.3. The summed E-state index contributed by atoms with van der Waals surface area (Å²) in [6.07, 6.45) is 10.4. The molecule has 0 unspecified atom stereocenters.